The number of hydrazine groups is 1. The minimum atomic E-state index is -0.0636. The van der Waals surface area contributed by atoms with Gasteiger partial charge >= 0.3 is 0 Å². The highest BCUT2D eigenvalue weighted by molar-refractivity contribution is 9.10. The maximum Gasteiger partial charge on any atom is 0.0721 e. The molecule has 3 N–H and O–H groups in total. The highest BCUT2D eigenvalue weighted by atomic mass is 79.9. The molecule has 3 rings (SSSR count). The first kappa shape index (κ1) is 14.2. The molecule has 0 bridgehead atoms. The number of hydrogen-bond acceptors (Lipinski definition) is 3. The Morgan fingerprint density at radius 3 is 2.67 bits per heavy atom. The fourth-order valence-electron chi connectivity index (χ4n) is 2.50. The number of nitrogens with two attached hydrogens (primary N) is 1. The van der Waals surface area contributed by atoms with E-state index in [0.29, 0.717) is 0 Å². The van der Waals surface area contributed by atoms with Crippen molar-refractivity contribution < 1.29 is 0 Å². The normalized spacial score (nSPS) is 12.5. The van der Waals surface area contributed by atoms with E-state index < -0.39 is 0 Å². The van der Waals surface area contributed by atoms with Gasteiger partial charge in [0.1, 0.15) is 0 Å². The quantitative estimate of drug-likeness (QED) is 0.561. The molecular weight excluding hydrogens is 326 g/mol. The molecule has 0 spiro atoms. The second-order valence-corrected chi connectivity index (χ2v) is 5.88. The lowest BCUT2D eigenvalue weighted by atomic mass is 9.98. The van der Waals surface area contributed by atoms with Crippen LogP contribution in [-0.4, -0.2) is 4.98 Å². The lowest BCUT2D eigenvalue weighted by Crippen LogP contribution is -2.29. The van der Waals surface area contributed by atoms with Gasteiger partial charge in [0.15, 0.2) is 0 Å². The molecule has 1 unspecified atom stereocenters. The minimum absolute atomic E-state index is 0.0636. The van der Waals surface area contributed by atoms with Gasteiger partial charge in [-0.15, -0.1) is 0 Å². The van der Waals surface area contributed by atoms with E-state index >= 15 is 0 Å². The maximum atomic E-state index is 5.79. The summed E-state index contributed by atoms with van der Waals surface area (Å²) >= 11 is 3.59. The SMILES string of the molecule is Cc1ccc2cc(C(NN)c3ccccc3Br)ccc2n1. The summed E-state index contributed by atoms with van der Waals surface area (Å²) in [5, 5.41) is 1.12. The minimum Gasteiger partial charge on any atom is -0.271 e. The van der Waals surface area contributed by atoms with E-state index in [9.17, 15) is 0 Å². The van der Waals surface area contributed by atoms with Crippen LogP contribution < -0.4 is 11.3 Å². The summed E-state index contributed by atoms with van der Waals surface area (Å²) in [5.41, 5.74) is 7.15. The standard InChI is InChI=1S/C17H16BrN3/c1-11-6-7-12-10-13(8-9-16(12)20-11)17(21-19)14-4-2-3-5-15(14)18/h2-10,17,21H,19H2,1H3. The van der Waals surface area contributed by atoms with Gasteiger partial charge in [-0.25, -0.2) is 5.43 Å². The first-order valence-corrected chi connectivity index (χ1v) is 7.56. The summed E-state index contributed by atoms with van der Waals surface area (Å²) in [6.45, 7) is 2.00. The van der Waals surface area contributed by atoms with E-state index in [4.69, 9.17) is 5.84 Å². The zero-order chi connectivity index (χ0) is 14.8. The fraction of sp³-hybridized carbons (Fsp3) is 0.118. The second-order valence-electron chi connectivity index (χ2n) is 5.03. The number of hydrogen-bond donors (Lipinski definition) is 2. The van der Waals surface area contributed by atoms with Gasteiger partial charge in [-0.1, -0.05) is 46.3 Å². The Morgan fingerprint density at radius 1 is 1.10 bits per heavy atom. The van der Waals surface area contributed by atoms with Gasteiger partial charge in [0, 0.05) is 15.6 Å². The topological polar surface area (TPSA) is 50.9 Å². The Labute approximate surface area is 132 Å². The zero-order valence-corrected chi connectivity index (χ0v) is 13.3. The van der Waals surface area contributed by atoms with Crippen LogP contribution in [0.15, 0.2) is 59.1 Å². The molecule has 0 aliphatic carbocycles. The maximum absolute atomic E-state index is 5.79. The van der Waals surface area contributed by atoms with Crippen LogP contribution in [0.2, 0.25) is 0 Å². The van der Waals surface area contributed by atoms with Crippen molar-refractivity contribution in [2.45, 2.75) is 13.0 Å². The smallest absolute Gasteiger partial charge is 0.0721 e. The van der Waals surface area contributed by atoms with Crippen molar-refractivity contribution in [1.29, 1.82) is 0 Å². The van der Waals surface area contributed by atoms with Gasteiger partial charge in [-0.2, -0.15) is 0 Å². The van der Waals surface area contributed by atoms with E-state index in [2.05, 4.69) is 50.6 Å². The molecule has 106 valence electrons. The number of pyridine rings is 1. The van der Waals surface area contributed by atoms with Crippen LogP contribution in [0.25, 0.3) is 10.9 Å². The Morgan fingerprint density at radius 2 is 1.90 bits per heavy atom. The van der Waals surface area contributed by atoms with Crippen molar-refractivity contribution in [2.24, 2.45) is 5.84 Å². The van der Waals surface area contributed by atoms with Crippen LogP contribution in [-0.2, 0) is 0 Å². The molecule has 0 aliphatic rings. The van der Waals surface area contributed by atoms with Crippen molar-refractivity contribution in [3.05, 3.63) is 75.9 Å². The molecule has 0 aliphatic heterocycles. The van der Waals surface area contributed by atoms with Crippen LogP contribution in [0.4, 0.5) is 0 Å². The van der Waals surface area contributed by atoms with Crippen molar-refractivity contribution in [3.63, 3.8) is 0 Å². The number of aryl methyl sites for hydroxylation is 1. The molecule has 1 atom stereocenters. The molecule has 0 radical (unpaired) electrons. The van der Waals surface area contributed by atoms with E-state index in [1.54, 1.807) is 0 Å². The Bertz CT molecular complexity index is 786. The second kappa shape index (κ2) is 5.93. The summed E-state index contributed by atoms with van der Waals surface area (Å²) in [7, 11) is 0. The Kier molecular flexibility index (Phi) is 4.01. The van der Waals surface area contributed by atoms with Gasteiger partial charge in [-0.05, 0) is 42.3 Å². The largest absolute Gasteiger partial charge is 0.271 e. The molecule has 0 amide bonds. The van der Waals surface area contributed by atoms with Gasteiger partial charge < -0.3 is 0 Å². The number of halogens is 1. The van der Waals surface area contributed by atoms with Crippen molar-refractivity contribution in [3.8, 4) is 0 Å². The molecule has 3 aromatic rings. The molecule has 4 heteroatoms. The average Bonchev–Trinajstić information content (AvgIpc) is 2.50. The predicted molar refractivity (Wildman–Crippen MR) is 89.8 cm³/mol. The van der Waals surface area contributed by atoms with Crippen molar-refractivity contribution in [2.75, 3.05) is 0 Å². The highest BCUT2D eigenvalue weighted by Gasteiger charge is 2.15. The van der Waals surface area contributed by atoms with Gasteiger partial charge in [0.05, 0.1) is 11.6 Å². The van der Waals surface area contributed by atoms with Gasteiger partial charge in [0.2, 0.25) is 0 Å². The zero-order valence-electron chi connectivity index (χ0n) is 11.7. The molecule has 0 saturated carbocycles. The molecule has 2 aromatic carbocycles. The first-order chi connectivity index (χ1) is 10.2. The van der Waals surface area contributed by atoms with Crippen LogP contribution in [0, 0.1) is 6.92 Å². The number of nitrogens with zero attached hydrogens (tertiary/aromatic N) is 1. The molecule has 0 saturated heterocycles. The highest BCUT2D eigenvalue weighted by Crippen LogP contribution is 2.29. The Balaban J connectivity index is 2.09. The number of nitrogens with one attached hydrogen (secondary N) is 1. The number of benzene rings is 2. The molecule has 0 fully saturated rings. The van der Waals surface area contributed by atoms with Crippen LogP contribution >= 0.6 is 15.9 Å². The number of rotatable bonds is 3. The van der Waals surface area contributed by atoms with Crippen molar-refractivity contribution in [1.82, 2.24) is 10.4 Å². The monoisotopic (exact) mass is 341 g/mol. The van der Waals surface area contributed by atoms with Crippen molar-refractivity contribution >= 4 is 26.8 Å². The Hall–Kier alpha value is -1.75. The molecule has 1 aromatic heterocycles. The van der Waals surface area contributed by atoms with Crippen LogP contribution in [0.5, 0.6) is 0 Å². The summed E-state index contributed by atoms with van der Waals surface area (Å²) in [5.74, 6) is 5.79. The third kappa shape index (κ3) is 2.83. The predicted octanol–water partition coefficient (Wildman–Crippen LogP) is 3.86. The lowest BCUT2D eigenvalue weighted by Gasteiger charge is -2.18. The summed E-state index contributed by atoms with van der Waals surface area (Å²) < 4.78 is 1.04. The first-order valence-electron chi connectivity index (χ1n) is 6.77. The molecule has 21 heavy (non-hydrogen) atoms. The summed E-state index contributed by atoms with van der Waals surface area (Å²) in [6.07, 6.45) is 0. The van der Waals surface area contributed by atoms with Crippen LogP contribution in [0.1, 0.15) is 22.9 Å². The third-order valence-corrected chi connectivity index (χ3v) is 4.29. The van der Waals surface area contributed by atoms with E-state index in [1.165, 1.54) is 0 Å². The van der Waals surface area contributed by atoms with Gasteiger partial charge in [0.25, 0.3) is 0 Å². The average molecular weight is 342 g/mol. The number of aromatic nitrogens is 1. The summed E-state index contributed by atoms with van der Waals surface area (Å²) in [4.78, 5) is 4.53. The summed E-state index contributed by atoms with van der Waals surface area (Å²) in [6, 6.07) is 18.4. The van der Waals surface area contributed by atoms with Gasteiger partial charge in [-0.3, -0.25) is 10.8 Å². The van der Waals surface area contributed by atoms with E-state index in [-0.39, 0.29) is 6.04 Å². The van der Waals surface area contributed by atoms with E-state index in [0.717, 1.165) is 32.2 Å². The molecule has 1 heterocycles. The molecular formula is C17H16BrN3. The molecule has 3 nitrogen and oxygen atoms in total. The van der Waals surface area contributed by atoms with E-state index in [1.807, 2.05) is 37.3 Å². The lowest BCUT2D eigenvalue weighted by molar-refractivity contribution is 0.635. The number of fused-ring (bicyclic) bond motifs is 1. The van der Waals surface area contributed by atoms with Crippen LogP contribution in [0.3, 0.4) is 0 Å². The third-order valence-electron chi connectivity index (χ3n) is 3.57. The fourth-order valence-corrected chi connectivity index (χ4v) is 3.01.